The second-order valence-electron chi connectivity index (χ2n) is 4.21. The van der Waals surface area contributed by atoms with Crippen molar-refractivity contribution in [1.82, 2.24) is 9.97 Å². The van der Waals surface area contributed by atoms with Crippen molar-refractivity contribution in [3.05, 3.63) is 54.5 Å². The molecular formula is C14H9Br3N2. The van der Waals surface area contributed by atoms with Crippen molar-refractivity contribution in [1.29, 1.82) is 0 Å². The lowest BCUT2D eigenvalue weighted by Gasteiger charge is -2.07. The van der Waals surface area contributed by atoms with E-state index in [0.717, 1.165) is 17.1 Å². The van der Waals surface area contributed by atoms with Crippen molar-refractivity contribution in [3.63, 3.8) is 0 Å². The number of hydrogen-bond donors (Lipinski definition) is 1. The Hall–Kier alpha value is -0.650. The van der Waals surface area contributed by atoms with Gasteiger partial charge in [0.2, 0.25) is 0 Å². The first-order valence-corrected chi connectivity index (χ1v) is 8.03. The summed E-state index contributed by atoms with van der Waals surface area (Å²) in [4.78, 5) is 7.63. The molecule has 0 spiro atoms. The Labute approximate surface area is 136 Å². The summed E-state index contributed by atoms with van der Waals surface area (Å²) >= 11 is 10.4. The third-order valence-electron chi connectivity index (χ3n) is 2.90. The molecule has 0 saturated carbocycles. The maximum Gasteiger partial charge on any atom is 0.192 e. The third kappa shape index (κ3) is 2.78. The molecule has 2 aromatic carbocycles. The molecule has 0 aliphatic carbocycles. The number of imidazole rings is 1. The van der Waals surface area contributed by atoms with Crippen LogP contribution in [0.2, 0.25) is 0 Å². The quantitative estimate of drug-likeness (QED) is 0.491. The van der Waals surface area contributed by atoms with Gasteiger partial charge in [-0.15, -0.1) is 0 Å². The molecule has 5 heteroatoms. The molecule has 0 atom stereocenters. The predicted octanol–water partition coefficient (Wildman–Crippen LogP) is 5.52. The van der Waals surface area contributed by atoms with E-state index < -0.39 is 2.14 Å². The van der Waals surface area contributed by atoms with Gasteiger partial charge >= 0.3 is 0 Å². The smallest absolute Gasteiger partial charge is 0.192 e. The number of nitrogens with one attached hydrogen (secondary N) is 1. The van der Waals surface area contributed by atoms with Gasteiger partial charge < -0.3 is 4.98 Å². The topological polar surface area (TPSA) is 28.7 Å². The lowest BCUT2D eigenvalue weighted by atomic mass is 10.1. The Balaban J connectivity index is 2.07. The molecule has 0 fully saturated rings. The van der Waals surface area contributed by atoms with Crippen LogP contribution in [-0.4, -0.2) is 9.97 Å². The molecule has 0 aliphatic rings. The highest BCUT2D eigenvalue weighted by molar-refractivity contribution is 9.38. The van der Waals surface area contributed by atoms with Gasteiger partial charge in [0.15, 0.2) is 2.14 Å². The molecule has 2 nitrogen and oxygen atoms in total. The maximum atomic E-state index is 4.35. The van der Waals surface area contributed by atoms with Crippen molar-refractivity contribution in [2.75, 3.05) is 0 Å². The monoisotopic (exact) mass is 442 g/mol. The van der Waals surface area contributed by atoms with Crippen LogP contribution in [0.4, 0.5) is 0 Å². The van der Waals surface area contributed by atoms with E-state index in [4.69, 9.17) is 0 Å². The molecular weight excluding hydrogens is 436 g/mol. The minimum absolute atomic E-state index is 0.512. The fourth-order valence-electron chi connectivity index (χ4n) is 1.97. The number of rotatable bonds is 1. The number of nitrogens with zero attached hydrogens (tertiary/aromatic N) is 1. The van der Waals surface area contributed by atoms with Gasteiger partial charge in [0.1, 0.15) is 5.82 Å². The zero-order valence-corrected chi connectivity index (χ0v) is 14.5. The van der Waals surface area contributed by atoms with Gasteiger partial charge in [-0.1, -0.05) is 84.2 Å². The fraction of sp³-hybridized carbons (Fsp3) is 0.0714. The Morgan fingerprint density at radius 2 is 1.68 bits per heavy atom. The summed E-state index contributed by atoms with van der Waals surface area (Å²) in [5.41, 5.74) is 2.11. The van der Waals surface area contributed by atoms with Gasteiger partial charge in [0.25, 0.3) is 0 Å². The van der Waals surface area contributed by atoms with Crippen molar-refractivity contribution >= 4 is 58.6 Å². The first-order valence-electron chi connectivity index (χ1n) is 5.65. The summed E-state index contributed by atoms with van der Waals surface area (Å²) in [7, 11) is 0. The maximum absolute atomic E-state index is 4.35. The number of alkyl halides is 3. The van der Waals surface area contributed by atoms with Crippen LogP contribution in [0.3, 0.4) is 0 Å². The highest BCUT2D eigenvalue weighted by atomic mass is 80.0. The molecule has 0 radical (unpaired) electrons. The number of fused-ring (bicyclic) bond motifs is 1. The number of aromatic amines is 1. The number of aromatic nitrogens is 2. The van der Waals surface area contributed by atoms with Crippen molar-refractivity contribution in [2.45, 2.75) is 2.14 Å². The minimum atomic E-state index is -0.512. The van der Waals surface area contributed by atoms with E-state index in [0.29, 0.717) is 0 Å². The molecule has 1 N–H and O–H groups in total. The number of halogens is 3. The Morgan fingerprint density at radius 1 is 0.947 bits per heavy atom. The second-order valence-corrected chi connectivity index (χ2v) is 11.0. The summed E-state index contributed by atoms with van der Waals surface area (Å²) in [6.45, 7) is 0. The fourth-order valence-corrected chi connectivity index (χ4v) is 2.57. The van der Waals surface area contributed by atoms with Crippen molar-refractivity contribution in [3.8, 4) is 11.3 Å². The Morgan fingerprint density at radius 3 is 2.37 bits per heavy atom. The van der Waals surface area contributed by atoms with Crippen molar-refractivity contribution < 1.29 is 0 Å². The molecule has 0 aliphatic heterocycles. The summed E-state index contributed by atoms with van der Waals surface area (Å²) in [5, 5.41) is 2.46. The van der Waals surface area contributed by atoms with Gasteiger partial charge in [-0.3, -0.25) is 0 Å². The molecule has 19 heavy (non-hydrogen) atoms. The van der Waals surface area contributed by atoms with E-state index in [-0.39, 0.29) is 0 Å². The van der Waals surface area contributed by atoms with E-state index in [1.54, 1.807) is 0 Å². The Kier molecular flexibility index (Phi) is 3.53. The van der Waals surface area contributed by atoms with Crippen LogP contribution in [0.15, 0.2) is 48.7 Å². The first kappa shape index (κ1) is 13.3. The van der Waals surface area contributed by atoms with Crippen LogP contribution in [0.25, 0.3) is 22.0 Å². The molecule has 0 unspecified atom stereocenters. The van der Waals surface area contributed by atoms with Gasteiger partial charge in [-0.25, -0.2) is 4.98 Å². The van der Waals surface area contributed by atoms with E-state index in [1.165, 1.54) is 10.8 Å². The lowest BCUT2D eigenvalue weighted by molar-refractivity contribution is 1.10. The largest absolute Gasteiger partial charge is 0.339 e. The average molecular weight is 445 g/mol. The summed E-state index contributed by atoms with van der Waals surface area (Å²) in [6, 6.07) is 14.7. The highest BCUT2D eigenvalue weighted by Crippen LogP contribution is 2.43. The summed E-state index contributed by atoms with van der Waals surface area (Å²) in [6.07, 6.45) is 1.83. The molecule has 1 aromatic heterocycles. The number of H-pyrrole nitrogens is 1. The molecule has 0 amide bonds. The van der Waals surface area contributed by atoms with E-state index in [9.17, 15) is 0 Å². The van der Waals surface area contributed by atoms with Crippen LogP contribution >= 0.6 is 47.8 Å². The average Bonchev–Trinajstić information content (AvgIpc) is 2.87. The van der Waals surface area contributed by atoms with E-state index in [2.05, 4.69) is 88.1 Å². The zero-order valence-electron chi connectivity index (χ0n) is 9.70. The SMILES string of the molecule is BrC(Br)(Br)c1ncc(-c2ccc3ccccc3c2)[nH]1. The highest BCUT2D eigenvalue weighted by Gasteiger charge is 2.24. The van der Waals surface area contributed by atoms with Crippen LogP contribution in [0.1, 0.15) is 5.82 Å². The number of hydrogen-bond acceptors (Lipinski definition) is 1. The molecule has 3 aromatic rings. The van der Waals surface area contributed by atoms with E-state index in [1.807, 2.05) is 18.3 Å². The third-order valence-corrected chi connectivity index (χ3v) is 4.03. The lowest BCUT2D eigenvalue weighted by Crippen LogP contribution is -1.99. The Bertz CT molecular complexity index is 729. The molecule has 96 valence electrons. The van der Waals surface area contributed by atoms with Crippen LogP contribution < -0.4 is 0 Å². The van der Waals surface area contributed by atoms with Crippen LogP contribution in [0.5, 0.6) is 0 Å². The first-order chi connectivity index (χ1) is 9.04. The van der Waals surface area contributed by atoms with Crippen LogP contribution in [-0.2, 0) is 2.14 Å². The van der Waals surface area contributed by atoms with Gasteiger partial charge in [-0.2, -0.15) is 0 Å². The predicted molar refractivity (Wildman–Crippen MR) is 90.0 cm³/mol. The van der Waals surface area contributed by atoms with Crippen molar-refractivity contribution in [2.24, 2.45) is 0 Å². The summed E-state index contributed by atoms with van der Waals surface area (Å²) < 4.78 is -0.512. The molecule has 1 heterocycles. The molecule has 0 bridgehead atoms. The molecule has 3 rings (SSSR count). The standard InChI is InChI=1S/C14H9Br3N2/c15-14(16,17)13-18-8-12(19-13)11-6-5-9-3-1-2-4-10(9)7-11/h1-8H,(H,18,19). The minimum Gasteiger partial charge on any atom is -0.339 e. The zero-order chi connectivity index (χ0) is 13.5. The van der Waals surface area contributed by atoms with E-state index >= 15 is 0 Å². The van der Waals surface area contributed by atoms with Gasteiger partial charge in [-0.05, 0) is 16.8 Å². The molecule has 0 saturated heterocycles. The second kappa shape index (κ2) is 5.04. The number of benzene rings is 2. The van der Waals surface area contributed by atoms with Gasteiger partial charge in [0, 0.05) is 5.56 Å². The summed E-state index contributed by atoms with van der Waals surface area (Å²) in [5.74, 6) is 0.774. The van der Waals surface area contributed by atoms with Gasteiger partial charge in [0.05, 0.1) is 11.9 Å². The van der Waals surface area contributed by atoms with Crippen LogP contribution in [0, 0.1) is 0 Å². The normalized spacial score (nSPS) is 11.9.